The van der Waals surface area contributed by atoms with Crippen molar-refractivity contribution in [1.29, 1.82) is 0 Å². The Morgan fingerprint density at radius 2 is 1.66 bits per heavy atom. The van der Waals surface area contributed by atoms with E-state index in [0.29, 0.717) is 5.75 Å². The SMILES string of the molecule is COc1ccc(C)c(C(CC(=O)NC(C)C(=O)N[C@@H](C)C(=O)C[C@@H](C)C(=O)O)=C(C)C)c1. The van der Waals surface area contributed by atoms with Crippen molar-refractivity contribution >= 4 is 29.1 Å². The number of hydrogen-bond donors (Lipinski definition) is 3. The molecular weight excluding hydrogens is 412 g/mol. The maximum Gasteiger partial charge on any atom is 0.306 e. The number of benzene rings is 1. The molecule has 32 heavy (non-hydrogen) atoms. The van der Waals surface area contributed by atoms with Crippen LogP contribution in [0.1, 0.15) is 58.6 Å². The summed E-state index contributed by atoms with van der Waals surface area (Å²) in [5.41, 5.74) is 3.73. The third-order valence-electron chi connectivity index (χ3n) is 5.25. The number of aryl methyl sites for hydroxylation is 1. The molecule has 0 saturated carbocycles. The number of carboxylic acids is 1. The van der Waals surface area contributed by atoms with Gasteiger partial charge in [0.2, 0.25) is 11.8 Å². The highest BCUT2D eigenvalue weighted by molar-refractivity contribution is 5.95. The predicted octanol–water partition coefficient (Wildman–Crippen LogP) is 2.88. The van der Waals surface area contributed by atoms with Crippen molar-refractivity contribution in [3.05, 3.63) is 34.9 Å². The van der Waals surface area contributed by atoms with Crippen LogP contribution in [0.15, 0.2) is 23.8 Å². The quantitative estimate of drug-likeness (QED) is 0.480. The molecule has 0 spiro atoms. The van der Waals surface area contributed by atoms with E-state index in [1.165, 1.54) is 20.8 Å². The molecule has 1 unspecified atom stereocenters. The van der Waals surface area contributed by atoms with Crippen LogP contribution in [0.25, 0.3) is 5.57 Å². The first-order chi connectivity index (χ1) is 14.9. The van der Waals surface area contributed by atoms with E-state index in [-0.39, 0.29) is 24.5 Å². The summed E-state index contributed by atoms with van der Waals surface area (Å²) < 4.78 is 5.30. The van der Waals surface area contributed by atoms with Crippen LogP contribution in [0.3, 0.4) is 0 Å². The van der Waals surface area contributed by atoms with E-state index in [2.05, 4.69) is 10.6 Å². The van der Waals surface area contributed by atoms with E-state index in [0.717, 1.165) is 22.3 Å². The van der Waals surface area contributed by atoms with Crippen LogP contribution in [0.2, 0.25) is 0 Å². The number of allylic oxidation sites excluding steroid dienone is 1. The van der Waals surface area contributed by atoms with Gasteiger partial charge in [-0.1, -0.05) is 18.6 Å². The smallest absolute Gasteiger partial charge is 0.306 e. The Labute approximate surface area is 189 Å². The summed E-state index contributed by atoms with van der Waals surface area (Å²) >= 11 is 0. The fourth-order valence-corrected chi connectivity index (χ4v) is 3.10. The van der Waals surface area contributed by atoms with E-state index in [1.54, 1.807) is 7.11 Å². The molecule has 8 heteroatoms. The zero-order valence-electron chi connectivity index (χ0n) is 19.9. The molecule has 0 saturated heterocycles. The fourth-order valence-electron chi connectivity index (χ4n) is 3.10. The molecule has 8 nitrogen and oxygen atoms in total. The maximum absolute atomic E-state index is 12.7. The largest absolute Gasteiger partial charge is 0.497 e. The van der Waals surface area contributed by atoms with Crippen molar-refractivity contribution in [1.82, 2.24) is 10.6 Å². The molecular formula is C24H34N2O6. The molecule has 0 aliphatic heterocycles. The second kappa shape index (κ2) is 12.0. The van der Waals surface area contributed by atoms with E-state index in [4.69, 9.17) is 9.84 Å². The lowest BCUT2D eigenvalue weighted by molar-refractivity contribution is -0.143. The maximum atomic E-state index is 12.7. The lowest BCUT2D eigenvalue weighted by Gasteiger charge is -2.19. The van der Waals surface area contributed by atoms with Crippen molar-refractivity contribution in [2.75, 3.05) is 7.11 Å². The van der Waals surface area contributed by atoms with Gasteiger partial charge in [0.25, 0.3) is 0 Å². The van der Waals surface area contributed by atoms with Crippen LogP contribution >= 0.6 is 0 Å². The molecule has 3 atom stereocenters. The summed E-state index contributed by atoms with van der Waals surface area (Å²) in [5.74, 6) is -2.44. The Hall–Kier alpha value is -3.16. The number of rotatable bonds is 11. The summed E-state index contributed by atoms with van der Waals surface area (Å²) in [6.07, 6.45) is -0.0973. The second-order valence-electron chi connectivity index (χ2n) is 8.27. The minimum Gasteiger partial charge on any atom is -0.497 e. The Morgan fingerprint density at radius 1 is 1.03 bits per heavy atom. The number of aliphatic carboxylic acids is 1. The normalized spacial score (nSPS) is 13.3. The number of nitrogens with one attached hydrogen (secondary N) is 2. The highest BCUT2D eigenvalue weighted by Gasteiger charge is 2.24. The van der Waals surface area contributed by atoms with E-state index in [1.807, 2.05) is 39.0 Å². The predicted molar refractivity (Wildman–Crippen MR) is 122 cm³/mol. The van der Waals surface area contributed by atoms with E-state index < -0.39 is 29.9 Å². The first-order valence-corrected chi connectivity index (χ1v) is 10.5. The number of amides is 2. The average molecular weight is 447 g/mol. The molecule has 0 aliphatic carbocycles. The number of carbonyl (C=O) groups is 4. The van der Waals surface area contributed by atoms with Gasteiger partial charge in [0.15, 0.2) is 5.78 Å². The molecule has 2 amide bonds. The van der Waals surface area contributed by atoms with E-state index >= 15 is 0 Å². The van der Waals surface area contributed by atoms with Gasteiger partial charge < -0.3 is 20.5 Å². The van der Waals surface area contributed by atoms with Crippen molar-refractivity contribution in [2.24, 2.45) is 5.92 Å². The molecule has 1 rings (SSSR count). The van der Waals surface area contributed by atoms with Crippen LogP contribution in [0.5, 0.6) is 5.75 Å². The van der Waals surface area contributed by atoms with Gasteiger partial charge in [-0.05, 0) is 63.5 Å². The average Bonchev–Trinajstić information content (AvgIpc) is 2.71. The Kier molecular flexibility index (Phi) is 10.1. The van der Waals surface area contributed by atoms with Gasteiger partial charge >= 0.3 is 5.97 Å². The van der Waals surface area contributed by atoms with Gasteiger partial charge in [0, 0.05) is 6.42 Å². The second-order valence-corrected chi connectivity index (χ2v) is 8.27. The van der Waals surface area contributed by atoms with Crippen LogP contribution in [0, 0.1) is 12.8 Å². The third kappa shape index (κ3) is 7.83. The minimum atomic E-state index is -1.07. The van der Waals surface area contributed by atoms with Gasteiger partial charge in [0.1, 0.15) is 11.8 Å². The summed E-state index contributed by atoms with van der Waals surface area (Å²) in [6, 6.07) is 3.95. The van der Waals surface area contributed by atoms with Crippen LogP contribution in [-0.2, 0) is 19.2 Å². The molecule has 0 radical (unpaired) electrons. The summed E-state index contributed by atoms with van der Waals surface area (Å²) in [6.45, 7) is 10.3. The van der Waals surface area contributed by atoms with Crippen molar-refractivity contribution < 1.29 is 29.0 Å². The number of Topliss-reactive ketones (excluding diaryl/α,β-unsaturated/α-hetero) is 1. The van der Waals surface area contributed by atoms with Gasteiger partial charge in [-0.15, -0.1) is 0 Å². The molecule has 0 bridgehead atoms. The number of ketones is 1. The number of carboxylic acid groups (broad SMARTS) is 1. The zero-order chi connectivity index (χ0) is 24.6. The van der Waals surface area contributed by atoms with Gasteiger partial charge in [-0.3, -0.25) is 19.2 Å². The molecule has 176 valence electrons. The van der Waals surface area contributed by atoms with E-state index in [9.17, 15) is 19.2 Å². The Balaban J connectivity index is 2.78. The number of carbonyl (C=O) groups excluding carboxylic acids is 3. The molecule has 0 fully saturated rings. The third-order valence-corrected chi connectivity index (χ3v) is 5.25. The molecule has 1 aromatic carbocycles. The number of methoxy groups -OCH3 is 1. The topological polar surface area (TPSA) is 122 Å². The van der Waals surface area contributed by atoms with Crippen molar-refractivity contribution in [3.8, 4) is 5.75 Å². The highest BCUT2D eigenvalue weighted by Crippen LogP contribution is 2.28. The number of hydrogen-bond acceptors (Lipinski definition) is 5. The minimum absolute atomic E-state index is 0.0819. The fraction of sp³-hybridized carbons (Fsp3) is 0.500. The van der Waals surface area contributed by atoms with Crippen molar-refractivity contribution in [3.63, 3.8) is 0 Å². The molecule has 0 heterocycles. The van der Waals surface area contributed by atoms with Gasteiger partial charge in [0.05, 0.1) is 25.5 Å². The van der Waals surface area contributed by atoms with Crippen LogP contribution < -0.4 is 15.4 Å². The monoisotopic (exact) mass is 446 g/mol. The van der Waals surface area contributed by atoms with Crippen LogP contribution in [0.4, 0.5) is 0 Å². The lowest BCUT2D eigenvalue weighted by Crippen LogP contribution is -2.49. The van der Waals surface area contributed by atoms with Crippen LogP contribution in [-0.4, -0.2) is 47.9 Å². The molecule has 0 aliphatic rings. The number of ether oxygens (including phenoxy) is 1. The molecule has 1 aromatic rings. The molecule has 3 N–H and O–H groups in total. The molecule has 0 aromatic heterocycles. The Bertz CT molecular complexity index is 902. The lowest BCUT2D eigenvalue weighted by atomic mass is 9.94. The standard InChI is InChI=1S/C24H34N2O6/c1-13(2)19(20-11-18(32-7)9-8-14(20)3)12-22(28)25-17(6)23(29)26-16(5)21(27)10-15(4)24(30)31/h8-9,11,15-17H,10,12H2,1-7H3,(H,25,28)(H,26,29)(H,30,31)/t15-,16+,17?/m1/s1. The van der Waals surface area contributed by atoms with Gasteiger partial charge in [-0.25, -0.2) is 0 Å². The first kappa shape index (κ1) is 26.9. The first-order valence-electron chi connectivity index (χ1n) is 10.5. The zero-order valence-corrected chi connectivity index (χ0v) is 19.9. The summed E-state index contributed by atoms with van der Waals surface area (Å²) in [4.78, 5) is 48.1. The summed E-state index contributed by atoms with van der Waals surface area (Å²) in [5, 5.41) is 14.1. The Morgan fingerprint density at radius 3 is 2.19 bits per heavy atom. The van der Waals surface area contributed by atoms with Gasteiger partial charge in [-0.2, -0.15) is 0 Å². The summed E-state index contributed by atoms with van der Waals surface area (Å²) in [7, 11) is 1.58. The highest BCUT2D eigenvalue weighted by atomic mass is 16.5. The van der Waals surface area contributed by atoms with Crippen molar-refractivity contribution in [2.45, 2.75) is 66.5 Å².